The summed E-state index contributed by atoms with van der Waals surface area (Å²) in [5.74, 6) is 3.16. The van der Waals surface area contributed by atoms with Gasteiger partial charge in [-0.1, -0.05) is 6.07 Å². The predicted octanol–water partition coefficient (Wildman–Crippen LogP) is 2.59. The average Bonchev–Trinajstić information content (AvgIpc) is 3.49. The van der Waals surface area contributed by atoms with Crippen LogP contribution in [0.4, 0.5) is 5.82 Å². The molecule has 4 rings (SSSR count). The van der Waals surface area contributed by atoms with E-state index in [9.17, 15) is 0 Å². The number of nitrogens with zero attached hydrogens (tertiary/aromatic N) is 4. The second-order valence-electron chi connectivity index (χ2n) is 7.20. The number of aromatic nitrogens is 1. The highest BCUT2D eigenvalue weighted by atomic mass is 127. The lowest BCUT2D eigenvalue weighted by Crippen LogP contribution is -2.53. The van der Waals surface area contributed by atoms with E-state index >= 15 is 0 Å². The molecule has 1 aromatic rings. The maximum Gasteiger partial charge on any atom is 0.193 e. The molecule has 6 heteroatoms. The van der Waals surface area contributed by atoms with Gasteiger partial charge in [0.15, 0.2) is 5.96 Å². The van der Waals surface area contributed by atoms with E-state index in [1.54, 1.807) is 0 Å². The molecule has 0 bridgehead atoms. The molecule has 3 fully saturated rings. The van der Waals surface area contributed by atoms with Gasteiger partial charge in [-0.05, 0) is 49.1 Å². The number of halogens is 1. The number of nitrogens with one attached hydrogen (secondary N) is 1. The third-order valence-electron chi connectivity index (χ3n) is 5.70. The van der Waals surface area contributed by atoms with Crippen molar-refractivity contribution < 1.29 is 0 Å². The van der Waals surface area contributed by atoms with E-state index in [-0.39, 0.29) is 24.0 Å². The molecular weight excluding hydrogens is 413 g/mol. The zero-order valence-corrected chi connectivity index (χ0v) is 16.8. The quantitative estimate of drug-likeness (QED) is 0.443. The van der Waals surface area contributed by atoms with Gasteiger partial charge in [-0.2, -0.15) is 0 Å². The predicted molar refractivity (Wildman–Crippen MR) is 109 cm³/mol. The Balaban J connectivity index is 0.00000169. The Morgan fingerprint density at radius 1 is 1.25 bits per heavy atom. The fourth-order valence-electron chi connectivity index (χ4n) is 3.86. The Hall–Kier alpha value is -1.05. The van der Waals surface area contributed by atoms with Crippen molar-refractivity contribution in [2.75, 3.05) is 44.7 Å². The minimum absolute atomic E-state index is 0. The minimum Gasteiger partial charge on any atom is -0.356 e. The summed E-state index contributed by atoms with van der Waals surface area (Å²) in [5.41, 5.74) is 0.617. The van der Waals surface area contributed by atoms with Crippen molar-refractivity contribution in [1.82, 2.24) is 15.2 Å². The number of guanidine groups is 1. The third-order valence-corrected chi connectivity index (χ3v) is 5.70. The molecule has 3 aliphatic rings. The van der Waals surface area contributed by atoms with Gasteiger partial charge in [0.25, 0.3) is 0 Å². The molecule has 1 saturated heterocycles. The molecule has 2 saturated carbocycles. The van der Waals surface area contributed by atoms with Gasteiger partial charge >= 0.3 is 0 Å². The Morgan fingerprint density at radius 2 is 2.00 bits per heavy atom. The van der Waals surface area contributed by atoms with E-state index in [0.29, 0.717) is 5.41 Å². The monoisotopic (exact) mass is 441 g/mol. The highest BCUT2D eigenvalue weighted by molar-refractivity contribution is 14.0. The zero-order valence-electron chi connectivity index (χ0n) is 14.4. The first-order valence-corrected chi connectivity index (χ1v) is 8.92. The first-order valence-electron chi connectivity index (χ1n) is 8.92. The van der Waals surface area contributed by atoms with Crippen molar-refractivity contribution in [3.8, 4) is 0 Å². The number of rotatable bonds is 4. The number of hydrogen-bond donors (Lipinski definition) is 1. The number of aliphatic imine (C=N–C) groups is 1. The summed E-state index contributed by atoms with van der Waals surface area (Å²) in [7, 11) is 1.91. The van der Waals surface area contributed by atoms with Crippen LogP contribution < -0.4 is 10.2 Å². The molecule has 1 N–H and O–H groups in total. The molecule has 2 heterocycles. The second kappa shape index (κ2) is 7.45. The number of hydrogen-bond acceptors (Lipinski definition) is 3. The summed E-state index contributed by atoms with van der Waals surface area (Å²) < 4.78 is 0. The Labute approximate surface area is 161 Å². The van der Waals surface area contributed by atoms with E-state index in [4.69, 9.17) is 0 Å². The van der Waals surface area contributed by atoms with E-state index < -0.39 is 0 Å². The molecule has 1 aliphatic heterocycles. The van der Waals surface area contributed by atoms with Gasteiger partial charge in [-0.25, -0.2) is 4.98 Å². The summed E-state index contributed by atoms with van der Waals surface area (Å²) >= 11 is 0. The van der Waals surface area contributed by atoms with E-state index in [2.05, 4.69) is 37.2 Å². The Kier molecular flexibility index (Phi) is 5.52. The van der Waals surface area contributed by atoms with Gasteiger partial charge in [-0.3, -0.25) is 4.99 Å². The third kappa shape index (κ3) is 3.78. The molecule has 0 amide bonds. The standard InChI is InChI=1S/C18H27N5.HI/c1-19-17(21-14-18(7-8-18)15-5-6-15)23-12-10-22(11-13-23)16-4-2-3-9-20-16;/h2-4,9,15H,5-8,10-14H2,1H3,(H,19,21);1H. The van der Waals surface area contributed by atoms with Crippen molar-refractivity contribution in [2.24, 2.45) is 16.3 Å². The first-order chi connectivity index (χ1) is 11.3. The Bertz CT molecular complexity index is 560. The second-order valence-corrected chi connectivity index (χ2v) is 7.20. The number of piperazine rings is 1. The van der Waals surface area contributed by atoms with Crippen LogP contribution in [0, 0.1) is 11.3 Å². The van der Waals surface area contributed by atoms with E-state index in [0.717, 1.165) is 50.4 Å². The van der Waals surface area contributed by atoms with Gasteiger partial charge in [-0.15, -0.1) is 24.0 Å². The lowest BCUT2D eigenvalue weighted by atomic mass is 10.0. The van der Waals surface area contributed by atoms with Crippen LogP contribution >= 0.6 is 24.0 Å². The fraction of sp³-hybridized carbons (Fsp3) is 0.667. The van der Waals surface area contributed by atoms with Crippen molar-refractivity contribution in [2.45, 2.75) is 25.7 Å². The van der Waals surface area contributed by atoms with Gasteiger partial charge in [0.2, 0.25) is 0 Å². The molecule has 0 spiro atoms. The van der Waals surface area contributed by atoms with Gasteiger partial charge < -0.3 is 15.1 Å². The summed E-state index contributed by atoms with van der Waals surface area (Å²) in [5, 5.41) is 3.66. The molecule has 2 aliphatic carbocycles. The van der Waals surface area contributed by atoms with Crippen molar-refractivity contribution in [1.29, 1.82) is 0 Å². The van der Waals surface area contributed by atoms with Crippen molar-refractivity contribution >= 4 is 35.8 Å². The largest absolute Gasteiger partial charge is 0.356 e. The van der Waals surface area contributed by atoms with Crippen LogP contribution in [0.2, 0.25) is 0 Å². The molecule has 0 aromatic carbocycles. The average molecular weight is 441 g/mol. The van der Waals surface area contributed by atoms with Crippen molar-refractivity contribution in [3.05, 3.63) is 24.4 Å². The van der Waals surface area contributed by atoms with Crippen molar-refractivity contribution in [3.63, 3.8) is 0 Å². The van der Waals surface area contributed by atoms with E-state index in [1.807, 2.05) is 19.3 Å². The van der Waals surface area contributed by atoms with Crippen LogP contribution in [0.1, 0.15) is 25.7 Å². The molecule has 0 unspecified atom stereocenters. The van der Waals surface area contributed by atoms with Gasteiger partial charge in [0, 0.05) is 46.0 Å². The van der Waals surface area contributed by atoms with Crippen LogP contribution in [-0.4, -0.2) is 55.6 Å². The Morgan fingerprint density at radius 3 is 2.54 bits per heavy atom. The van der Waals surface area contributed by atoms with Gasteiger partial charge in [0.05, 0.1) is 0 Å². The topological polar surface area (TPSA) is 43.8 Å². The molecule has 0 radical (unpaired) electrons. The highest BCUT2D eigenvalue weighted by Gasteiger charge is 2.53. The van der Waals surface area contributed by atoms with Crippen LogP contribution in [0.25, 0.3) is 0 Å². The molecule has 132 valence electrons. The SMILES string of the molecule is CN=C(NCC1(C2CC2)CC1)N1CCN(c2ccccn2)CC1.I. The molecule has 0 atom stereocenters. The van der Waals surface area contributed by atoms with Crippen LogP contribution in [0.3, 0.4) is 0 Å². The summed E-state index contributed by atoms with van der Waals surface area (Å²) in [4.78, 5) is 13.7. The zero-order chi connectivity index (χ0) is 15.7. The number of anilines is 1. The minimum atomic E-state index is 0. The summed E-state index contributed by atoms with van der Waals surface area (Å²) in [6.07, 6.45) is 7.59. The summed E-state index contributed by atoms with van der Waals surface area (Å²) in [6.45, 7) is 5.14. The smallest absolute Gasteiger partial charge is 0.193 e. The molecular formula is C18H28IN5. The maximum absolute atomic E-state index is 4.52. The molecule has 24 heavy (non-hydrogen) atoms. The lowest BCUT2D eigenvalue weighted by Gasteiger charge is -2.37. The van der Waals surface area contributed by atoms with Gasteiger partial charge in [0.1, 0.15) is 5.82 Å². The van der Waals surface area contributed by atoms with E-state index in [1.165, 1.54) is 25.7 Å². The first kappa shape index (κ1) is 17.8. The molecule has 5 nitrogen and oxygen atoms in total. The maximum atomic E-state index is 4.52. The van der Waals surface area contributed by atoms with Crippen LogP contribution in [-0.2, 0) is 0 Å². The van der Waals surface area contributed by atoms with Crippen LogP contribution in [0.5, 0.6) is 0 Å². The number of pyridine rings is 1. The summed E-state index contributed by atoms with van der Waals surface area (Å²) in [6, 6.07) is 6.12. The van der Waals surface area contributed by atoms with Crippen LogP contribution in [0.15, 0.2) is 29.4 Å². The molecule has 1 aromatic heterocycles. The fourth-order valence-corrected chi connectivity index (χ4v) is 3.86. The normalized spacial score (nSPS) is 22.8. The highest BCUT2D eigenvalue weighted by Crippen LogP contribution is 2.60. The lowest BCUT2D eigenvalue weighted by molar-refractivity contribution is 0.358.